The Labute approximate surface area is 171 Å². The fourth-order valence-corrected chi connectivity index (χ4v) is 3.18. The lowest BCUT2D eigenvalue weighted by molar-refractivity contribution is 0.0956. The number of carbonyl (C=O) groups excluding carboxylic acids is 1. The molecule has 4 rings (SSSR count). The monoisotopic (exact) mass is 408 g/mol. The summed E-state index contributed by atoms with van der Waals surface area (Å²) in [5.74, 6) is 1.16. The van der Waals surface area contributed by atoms with E-state index in [9.17, 15) is 9.59 Å². The van der Waals surface area contributed by atoms with Crippen LogP contribution in [0.4, 0.5) is 5.82 Å². The van der Waals surface area contributed by atoms with Gasteiger partial charge in [0.15, 0.2) is 11.2 Å². The van der Waals surface area contributed by atoms with Crippen LogP contribution in [0.2, 0.25) is 5.02 Å². The van der Waals surface area contributed by atoms with Gasteiger partial charge in [0.05, 0.1) is 11.9 Å². The van der Waals surface area contributed by atoms with E-state index in [2.05, 4.69) is 4.98 Å². The van der Waals surface area contributed by atoms with Crippen molar-refractivity contribution in [1.82, 2.24) is 4.98 Å². The van der Waals surface area contributed by atoms with Gasteiger partial charge in [-0.3, -0.25) is 14.5 Å². The number of aryl methyl sites for hydroxylation is 2. The van der Waals surface area contributed by atoms with Gasteiger partial charge in [-0.2, -0.15) is 0 Å². The summed E-state index contributed by atoms with van der Waals surface area (Å²) < 4.78 is 11.4. The molecule has 4 aromatic rings. The van der Waals surface area contributed by atoms with Crippen LogP contribution >= 0.6 is 11.6 Å². The number of rotatable bonds is 4. The highest BCUT2D eigenvalue weighted by atomic mass is 35.5. The average molecular weight is 409 g/mol. The summed E-state index contributed by atoms with van der Waals surface area (Å²) in [4.78, 5) is 31.5. The van der Waals surface area contributed by atoms with Crippen LogP contribution in [0, 0.1) is 13.8 Å². The van der Waals surface area contributed by atoms with Crippen molar-refractivity contribution in [2.45, 2.75) is 20.4 Å². The van der Waals surface area contributed by atoms with E-state index in [1.54, 1.807) is 49.5 Å². The zero-order valence-corrected chi connectivity index (χ0v) is 16.6. The molecule has 29 heavy (non-hydrogen) atoms. The van der Waals surface area contributed by atoms with Crippen molar-refractivity contribution in [1.29, 1.82) is 0 Å². The molecule has 0 aliphatic heterocycles. The topological polar surface area (TPSA) is 76.6 Å². The van der Waals surface area contributed by atoms with Gasteiger partial charge in [-0.25, -0.2) is 4.98 Å². The fourth-order valence-electron chi connectivity index (χ4n) is 3.01. The second-order valence-electron chi connectivity index (χ2n) is 6.66. The van der Waals surface area contributed by atoms with Crippen LogP contribution in [0.25, 0.3) is 11.0 Å². The quantitative estimate of drug-likeness (QED) is 0.480. The zero-order valence-electron chi connectivity index (χ0n) is 15.8. The Hall–Kier alpha value is -3.38. The molecule has 0 spiro atoms. The third-order valence-electron chi connectivity index (χ3n) is 4.50. The number of benzene rings is 1. The molecular formula is C22H17ClN2O4. The van der Waals surface area contributed by atoms with Crippen molar-refractivity contribution in [2.24, 2.45) is 0 Å². The summed E-state index contributed by atoms with van der Waals surface area (Å²) in [7, 11) is 0. The van der Waals surface area contributed by atoms with Crippen LogP contribution < -0.4 is 10.3 Å². The first-order chi connectivity index (χ1) is 13.9. The van der Waals surface area contributed by atoms with E-state index >= 15 is 0 Å². The first kappa shape index (κ1) is 19.0. The lowest BCUT2D eigenvalue weighted by Gasteiger charge is -2.20. The Kier molecular flexibility index (Phi) is 4.94. The molecule has 0 N–H and O–H groups in total. The van der Waals surface area contributed by atoms with E-state index in [1.165, 1.54) is 11.0 Å². The van der Waals surface area contributed by atoms with Gasteiger partial charge in [-0.05, 0) is 55.8 Å². The van der Waals surface area contributed by atoms with E-state index in [0.717, 1.165) is 11.3 Å². The molecule has 0 unspecified atom stereocenters. The maximum absolute atomic E-state index is 13.3. The van der Waals surface area contributed by atoms with E-state index < -0.39 is 5.91 Å². The third kappa shape index (κ3) is 3.79. The van der Waals surface area contributed by atoms with Gasteiger partial charge in [0.2, 0.25) is 0 Å². The molecule has 0 radical (unpaired) electrons. The van der Waals surface area contributed by atoms with E-state index in [0.29, 0.717) is 27.6 Å². The van der Waals surface area contributed by atoms with E-state index in [-0.39, 0.29) is 17.7 Å². The van der Waals surface area contributed by atoms with Crippen molar-refractivity contribution in [3.05, 3.63) is 92.8 Å². The van der Waals surface area contributed by atoms with Crippen LogP contribution in [0.3, 0.4) is 0 Å². The minimum absolute atomic E-state index is 0.0850. The van der Waals surface area contributed by atoms with Gasteiger partial charge in [0, 0.05) is 17.3 Å². The second-order valence-corrected chi connectivity index (χ2v) is 7.07. The van der Waals surface area contributed by atoms with Crippen LogP contribution in [0.1, 0.15) is 27.6 Å². The number of amides is 1. The lowest BCUT2D eigenvalue weighted by Crippen LogP contribution is -2.31. The normalized spacial score (nSPS) is 11.0. The van der Waals surface area contributed by atoms with Crippen LogP contribution in [0.15, 0.2) is 68.4 Å². The lowest BCUT2D eigenvalue weighted by atomic mass is 10.1. The van der Waals surface area contributed by atoms with Gasteiger partial charge in [0.25, 0.3) is 5.91 Å². The van der Waals surface area contributed by atoms with E-state index in [4.69, 9.17) is 20.4 Å². The molecule has 0 fully saturated rings. The van der Waals surface area contributed by atoms with E-state index in [1.807, 2.05) is 13.0 Å². The summed E-state index contributed by atoms with van der Waals surface area (Å²) in [6.07, 6.45) is 1.59. The highest BCUT2D eigenvalue weighted by molar-refractivity contribution is 6.32. The number of hydrogen-bond donors (Lipinski definition) is 0. The third-order valence-corrected chi connectivity index (χ3v) is 4.91. The first-order valence-electron chi connectivity index (χ1n) is 8.94. The number of anilines is 1. The van der Waals surface area contributed by atoms with Gasteiger partial charge in [-0.1, -0.05) is 17.7 Å². The maximum atomic E-state index is 13.3. The number of fused-ring (bicyclic) bond motifs is 1. The standard InChI is InChI=1S/C22H17ClN2O4/c1-13-9-19-16(10-17(13)23)18(26)11-20(29-19)22(27)25(21-5-3-4-8-24-21)12-15-7-6-14(2)28-15/h3-11H,12H2,1-2H3. The first-order valence-corrected chi connectivity index (χ1v) is 9.32. The van der Waals surface area contributed by atoms with Crippen LogP contribution in [-0.2, 0) is 6.54 Å². The predicted octanol–water partition coefficient (Wildman–Crippen LogP) is 4.90. The Morgan fingerprint density at radius 3 is 2.62 bits per heavy atom. The maximum Gasteiger partial charge on any atom is 0.295 e. The van der Waals surface area contributed by atoms with Gasteiger partial charge >= 0.3 is 0 Å². The number of aromatic nitrogens is 1. The summed E-state index contributed by atoms with van der Waals surface area (Å²) >= 11 is 6.11. The number of nitrogens with zero attached hydrogens (tertiary/aromatic N) is 2. The smallest absolute Gasteiger partial charge is 0.295 e. The molecule has 6 nitrogen and oxygen atoms in total. The molecule has 0 saturated carbocycles. The predicted molar refractivity (Wildman–Crippen MR) is 110 cm³/mol. The molecule has 0 atom stereocenters. The second kappa shape index (κ2) is 7.56. The number of pyridine rings is 1. The number of carbonyl (C=O) groups is 1. The Bertz CT molecular complexity index is 1260. The SMILES string of the molecule is Cc1ccc(CN(C(=O)c2cc(=O)c3cc(Cl)c(C)cc3o2)c2ccccn2)o1. The summed E-state index contributed by atoms with van der Waals surface area (Å²) in [6.45, 7) is 3.77. The zero-order chi connectivity index (χ0) is 20.5. The van der Waals surface area contributed by atoms with Crippen LogP contribution in [-0.4, -0.2) is 10.9 Å². The summed E-state index contributed by atoms with van der Waals surface area (Å²) in [5.41, 5.74) is 0.712. The molecule has 0 bridgehead atoms. The molecule has 0 saturated heterocycles. The fraction of sp³-hybridized carbons (Fsp3) is 0.136. The van der Waals surface area contributed by atoms with Crippen molar-refractivity contribution in [3.8, 4) is 0 Å². The average Bonchev–Trinajstić information content (AvgIpc) is 3.12. The minimum atomic E-state index is -0.496. The summed E-state index contributed by atoms with van der Waals surface area (Å²) in [6, 6.07) is 13.2. The molecule has 7 heteroatoms. The highest BCUT2D eigenvalue weighted by Crippen LogP contribution is 2.24. The van der Waals surface area contributed by atoms with Crippen LogP contribution in [0.5, 0.6) is 0 Å². The molecule has 1 amide bonds. The number of furan rings is 1. The van der Waals surface area contributed by atoms with Gasteiger partial charge in [0.1, 0.15) is 22.9 Å². The molecule has 1 aromatic carbocycles. The Morgan fingerprint density at radius 2 is 1.93 bits per heavy atom. The summed E-state index contributed by atoms with van der Waals surface area (Å²) in [5, 5.41) is 0.787. The Balaban J connectivity index is 1.79. The minimum Gasteiger partial charge on any atom is -0.464 e. The largest absolute Gasteiger partial charge is 0.464 e. The van der Waals surface area contributed by atoms with Crippen molar-refractivity contribution >= 4 is 34.3 Å². The van der Waals surface area contributed by atoms with Crippen molar-refractivity contribution in [3.63, 3.8) is 0 Å². The van der Waals surface area contributed by atoms with Gasteiger partial charge < -0.3 is 8.83 Å². The molecule has 0 aliphatic carbocycles. The highest BCUT2D eigenvalue weighted by Gasteiger charge is 2.24. The Morgan fingerprint density at radius 1 is 1.10 bits per heavy atom. The number of hydrogen-bond acceptors (Lipinski definition) is 5. The molecule has 3 heterocycles. The number of halogens is 1. The molecule has 3 aromatic heterocycles. The molecular weight excluding hydrogens is 392 g/mol. The molecule has 146 valence electrons. The van der Waals surface area contributed by atoms with Crippen molar-refractivity contribution < 1.29 is 13.6 Å². The van der Waals surface area contributed by atoms with Crippen molar-refractivity contribution in [2.75, 3.05) is 4.90 Å². The van der Waals surface area contributed by atoms with Gasteiger partial charge in [-0.15, -0.1) is 0 Å². The molecule has 0 aliphatic rings.